The molecular formula is C58H60N2O8S4. The fourth-order valence-electron chi connectivity index (χ4n) is 8.65. The van der Waals surface area contributed by atoms with E-state index in [2.05, 4.69) is 48.5 Å². The summed E-state index contributed by atoms with van der Waals surface area (Å²) in [6, 6.07) is 52.1. The van der Waals surface area contributed by atoms with Gasteiger partial charge in [-0.1, -0.05) is 133 Å². The Morgan fingerprint density at radius 3 is 1.43 bits per heavy atom. The minimum Gasteiger partial charge on any atom is -0.497 e. The Kier molecular flexibility index (Phi) is 18.3. The van der Waals surface area contributed by atoms with Crippen molar-refractivity contribution in [3.8, 4) is 11.5 Å². The third-order valence-corrected chi connectivity index (χ3v) is 19.6. The number of thioether (sulfide) groups is 4. The van der Waals surface area contributed by atoms with Gasteiger partial charge in [0.1, 0.15) is 21.6 Å². The Labute approximate surface area is 440 Å². The van der Waals surface area contributed by atoms with E-state index in [0.29, 0.717) is 26.1 Å². The van der Waals surface area contributed by atoms with E-state index in [1.807, 2.05) is 109 Å². The van der Waals surface area contributed by atoms with Gasteiger partial charge in [0.25, 0.3) is 0 Å². The van der Waals surface area contributed by atoms with Crippen LogP contribution in [-0.2, 0) is 67.5 Å². The highest BCUT2D eigenvalue weighted by atomic mass is 32.2. The molecule has 2 heterocycles. The first-order valence-electron chi connectivity index (χ1n) is 23.9. The van der Waals surface area contributed by atoms with Crippen LogP contribution < -0.4 is 9.47 Å². The van der Waals surface area contributed by atoms with Gasteiger partial charge in [-0.15, -0.1) is 47.0 Å². The number of carbonyl (C=O) groups excluding carboxylic acids is 4. The van der Waals surface area contributed by atoms with Gasteiger partial charge in [-0.25, -0.2) is 0 Å². The summed E-state index contributed by atoms with van der Waals surface area (Å²) in [7, 11) is 6.71. The molecule has 2 aliphatic rings. The van der Waals surface area contributed by atoms with Gasteiger partial charge in [-0.05, 0) is 88.0 Å². The van der Waals surface area contributed by atoms with Gasteiger partial charge in [0.2, 0.25) is 11.8 Å². The maximum absolute atomic E-state index is 14.4. The first-order chi connectivity index (χ1) is 35.0. The number of rotatable bonds is 21. The molecule has 0 saturated carbocycles. The molecule has 6 aromatic rings. The molecule has 374 valence electrons. The number of benzene rings is 6. The van der Waals surface area contributed by atoms with E-state index in [9.17, 15) is 19.2 Å². The highest BCUT2D eigenvalue weighted by molar-refractivity contribution is 8.18. The lowest BCUT2D eigenvalue weighted by Crippen LogP contribution is -2.53. The molecule has 72 heavy (non-hydrogen) atoms. The second kappa shape index (κ2) is 25.0. The van der Waals surface area contributed by atoms with Crippen molar-refractivity contribution in [3.05, 3.63) is 202 Å². The van der Waals surface area contributed by atoms with Crippen molar-refractivity contribution < 1.29 is 38.1 Å². The number of amides is 2. The van der Waals surface area contributed by atoms with Gasteiger partial charge in [0, 0.05) is 20.5 Å². The minimum atomic E-state index is -1.23. The molecule has 0 aliphatic carbocycles. The Balaban J connectivity index is 0.919. The van der Waals surface area contributed by atoms with Crippen LogP contribution in [-0.4, -0.2) is 96.0 Å². The molecule has 10 nitrogen and oxygen atoms in total. The largest absolute Gasteiger partial charge is 0.497 e. The van der Waals surface area contributed by atoms with Crippen LogP contribution in [0, 0.1) is 0 Å². The third-order valence-electron chi connectivity index (χ3n) is 13.1. The molecule has 0 N–H and O–H groups in total. The predicted molar refractivity (Wildman–Crippen MR) is 292 cm³/mol. The number of hydrogen-bond acceptors (Lipinski definition) is 12. The Morgan fingerprint density at radius 2 is 0.931 bits per heavy atom. The molecule has 2 saturated heterocycles. The summed E-state index contributed by atoms with van der Waals surface area (Å²) in [5.41, 5.74) is 8.29. The van der Waals surface area contributed by atoms with Crippen molar-refractivity contribution in [2.24, 2.45) is 0 Å². The zero-order valence-electron chi connectivity index (χ0n) is 40.9. The maximum Gasteiger partial charge on any atom is 0.239 e. The summed E-state index contributed by atoms with van der Waals surface area (Å²) in [6.45, 7) is 0.961. The smallest absolute Gasteiger partial charge is 0.239 e. The van der Waals surface area contributed by atoms with E-state index in [4.69, 9.17) is 18.9 Å². The number of likely N-dealkylation sites (N-methyl/N-ethyl adjacent to an activating group) is 2. The first kappa shape index (κ1) is 52.8. The lowest BCUT2D eigenvalue weighted by molar-refractivity contribution is -0.137. The lowest BCUT2D eigenvalue weighted by Gasteiger charge is -2.37. The SMILES string of the molecule is COc1ccc(C2SC(COCc3ccccc3)C(=O)N(C)[C@@](C=O)(Cc3ccc(CCc4ccc(CC5SC(c6ccc(OC)cc6)S[C@@](C=O)(COCc6ccccc6)N(C)C5=O)cc4)cc3)S2)cc1. The van der Waals surface area contributed by atoms with Crippen LogP contribution in [0.25, 0.3) is 0 Å². The Bertz CT molecular complexity index is 2720. The summed E-state index contributed by atoms with van der Waals surface area (Å²) in [5.74, 6) is 1.20. The van der Waals surface area contributed by atoms with E-state index in [0.717, 1.165) is 75.9 Å². The van der Waals surface area contributed by atoms with Crippen molar-refractivity contribution >= 4 is 71.4 Å². The average Bonchev–Trinajstić information content (AvgIpc) is 3.59. The molecule has 8 rings (SSSR count). The Hall–Kier alpha value is -5.48. The topological polar surface area (TPSA) is 112 Å². The molecule has 6 atom stereocenters. The summed E-state index contributed by atoms with van der Waals surface area (Å²) in [6.07, 6.45) is 4.23. The van der Waals surface area contributed by atoms with Crippen molar-refractivity contribution in [1.29, 1.82) is 0 Å². The molecule has 0 bridgehead atoms. The highest BCUT2D eigenvalue weighted by Gasteiger charge is 2.49. The number of hydrogen-bond donors (Lipinski definition) is 0. The van der Waals surface area contributed by atoms with Gasteiger partial charge in [0.05, 0.1) is 55.1 Å². The van der Waals surface area contributed by atoms with Gasteiger partial charge < -0.3 is 28.7 Å². The molecule has 2 fully saturated rings. The van der Waals surface area contributed by atoms with Crippen molar-refractivity contribution in [3.63, 3.8) is 0 Å². The van der Waals surface area contributed by atoms with E-state index in [1.54, 1.807) is 49.9 Å². The lowest BCUT2D eigenvalue weighted by atomic mass is 9.99. The van der Waals surface area contributed by atoms with E-state index in [-0.39, 0.29) is 34.2 Å². The van der Waals surface area contributed by atoms with E-state index >= 15 is 0 Å². The average molecular weight is 1040 g/mol. The monoisotopic (exact) mass is 1040 g/mol. The van der Waals surface area contributed by atoms with E-state index < -0.39 is 20.2 Å². The Morgan fingerprint density at radius 1 is 0.500 bits per heavy atom. The molecule has 14 heteroatoms. The molecule has 6 aromatic carbocycles. The quantitative estimate of drug-likeness (QED) is 0.0640. The fraction of sp³-hybridized carbons (Fsp3) is 0.310. The van der Waals surface area contributed by atoms with Crippen LogP contribution >= 0.6 is 47.0 Å². The number of methoxy groups -OCH3 is 2. The van der Waals surface area contributed by atoms with Gasteiger partial charge in [-0.2, -0.15) is 0 Å². The summed E-state index contributed by atoms with van der Waals surface area (Å²) < 4.78 is 22.7. The van der Waals surface area contributed by atoms with Crippen LogP contribution in [0.2, 0.25) is 0 Å². The molecule has 2 amide bonds. The van der Waals surface area contributed by atoms with Gasteiger partial charge in [0.15, 0.2) is 17.4 Å². The molecule has 0 radical (unpaired) electrons. The van der Waals surface area contributed by atoms with Crippen molar-refractivity contribution in [2.45, 2.75) is 68.3 Å². The van der Waals surface area contributed by atoms with Crippen LogP contribution in [0.1, 0.15) is 53.7 Å². The second-order valence-electron chi connectivity index (χ2n) is 17.9. The van der Waals surface area contributed by atoms with Gasteiger partial charge >= 0.3 is 0 Å². The van der Waals surface area contributed by atoms with E-state index in [1.165, 1.54) is 40.8 Å². The first-order valence-corrected chi connectivity index (χ1v) is 27.5. The molecule has 0 spiro atoms. The number of ether oxygens (including phenoxy) is 4. The third kappa shape index (κ3) is 13.0. The molecule has 2 aliphatic heterocycles. The van der Waals surface area contributed by atoms with Crippen LogP contribution in [0.3, 0.4) is 0 Å². The minimum absolute atomic E-state index is 0.0460. The predicted octanol–water partition coefficient (Wildman–Crippen LogP) is 10.8. The molecule has 4 unspecified atom stereocenters. The van der Waals surface area contributed by atoms with Crippen molar-refractivity contribution in [1.82, 2.24) is 9.80 Å². The van der Waals surface area contributed by atoms with Crippen LogP contribution in [0.15, 0.2) is 158 Å². The number of aldehydes is 2. The summed E-state index contributed by atoms with van der Waals surface area (Å²) >= 11 is 6.02. The summed E-state index contributed by atoms with van der Waals surface area (Å²) in [4.78, 5) is 55.9. The highest BCUT2D eigenvalue weighted by Crippen LogP contribution is 2.54. The van der Waals surface area contributed by atoms with Crippen LogP contribution in [0.5, 0.6) is 11.5 Å². The van der Waals surface area contributed by atoms with Crippen LogP contribution in [0.4, 0.5) is 0 Å². The molecule has 0 aromatic heterocycles. The zero-order chi connectivity index (χ0) is 50.5. The normalized spacial score (nSPS) is 22.4. The number of nitrogens with zero attached hydrogens (tertiary/aromatic N) is 2. The standard InChI is InChI=1S/C58H60N2O8S4/c1-59-54(64)52(37-67-35-45-11-7-5-8-12-45)70-56(48-27-31-50(66-4)32-28-48)71-57(59,38-61)34-44-23-19-42(20-24-44)16-15-41-17-21-43(22-18-41)33-51-53(63)60(2)58(39-62,40-68-36-46-13-9-6-10-14-46)72-55(69-51)47-25-29-49(65-3)30-26-47/h5-14,17-32,38-39,51-52,55-56H,15-16,33-37,40H2,1-4H3/t51?,52?,55?,56?,57-,58-/m0/s1. The number of aryl methyl sites for hydroxylation is 2. The zero-order valence-corrected chi connectivity index (χ0v) is 44.2. The maximum atomic E-state index is 14.4. The summed E-state index contributed by atoms with van der Waals surface area (Å²) in [5, 5.41) is -0.970. The van der Waals surface area contributed by atoms with Gasteiger partial charge in [-0.3, -0.25) is 19.2 Å². The second-order valence-corrected chi connectivity index (χ2v) is 24.0. The van der Waals surface area contributed by atoms with Crippen molar-refractivity contribution in [2.75, 3.05) is 41.5 Å². The number of carbonyl (C=O) groups is 4. The fourth-order valence-corrected chi connectivity index (χ4v) is 15.5. The molecular weight excluding hydrogens is 981 g/mol.